The van der Waals surface area contributed by atoms with Crippen LogP contribution in [0.15, 0.2) is 0 Å². The van der Waals surface area contributed by atoms with Crippen LogP contribution in [-0.4, -0.2) is 72.5 Å². The maximum Gasteiger partial charge on any atom is 0.422 e. The number of nitrogens with zero attached hydrogens (tertiary/aromatic N) is 2. The predicted molar refractivity (Wildman–Crippen MR) is 73.7 cm³/mol. The van der Waals surface area contributed by atoms with Crippen LogP contribution in [0.4, 0.5) is 18.0 Å². The molecular weight excluding hydrogens is 317 g/mol. The molecule has 2 fully saturated rings. The molecule has 0 aromatic rings. The van der Waals surface area contributed by atoms with Crippen LogP contribution in [0.2, 0.25) is 0 Å². The first-order chi connectivity index (χ1) is 10.7. The van der Waals surface area contributed by atoms with Gasteiger partial charge in [0.15, 0.2) is 6.61 Å². The molecule has 0 aromatic carbocycles. The third-order valence-electron chi connectivity index (χ3n) is 3.86. The van der Waals surface area contributed by atoms with Crippen LogP contribution >= 0.6 is 0 Å². The van der Waals surface area contributed by atoms with E-state index in [1.54, 1.807) is 4.90 Å². The van der Waals surface area contributed by atoms with E-state index in [1.165, 1.54) is 0 Å². The summed E-state index contributed by atoms with van der Waals surface area (Å²) in [6.45, 7) is 3.09. The number of hydrogen-bond donors (Lipinski definition) is 0. The second-order valence-electron chi connectivity index (χ2n) is 6.02. The molecule has 0 bridgehead atoms. The molecule has 2 saturated heterocycles. The first-order valence-electron chi connectivity index (χ1n) is 7.62. The predicted octanol–water partition coefficient (Wildman–Crippen LogP) is 1.79. The minimum absolute atomic E-state index is 0.116. The van der Waals surface area contributed by atoms with Crippen LogP contribution in [0.3, 0.4) is 0 Å². The van der Waals surface area contributed by atoms with Gasteiger partial charge in [-0.3, -0.25) is 9.69 Å². The Labute approximate surface area is 132 Å². The monoisotopic (exact) mass is 338 g/mol. The van der Waals surface area contributed by atoms with Crippen LogP contribution in [-0.2, 0) is 14.3 Å². The number of amides is 2. The third-order valence-corrected chi connectivity index (χ3v) is 3.86. The molecule has 2 amide bonds. The molecule has 2 rings (SSSR count). The fourth-order valence-electron chi connectivity index (χ4n) is 3.04. The SMILES string of the molecule is C[C@@H]1CN(C(=O)[C@H]2CCCN2C(=O)OCC(F)(F)F)C[C@@H](C)O1. The zero-order valence-electron chi connectivity index (χ0n) is 13.1. The van der Waals surface area contributed by atoms with Crippen molar-refractivity contribution in [3.8, 4) is 0 Å². The number of hydrogen-bond acceptors (Lipinski definition) is 4. The van der Waals surface area contributed by atoms with Gasteiger partial charge >= 0.3 is 12.3 Å². The summed E-state index contributed by atoms with van der Waals surface area (Å²) >= 11 is 0. The maximum atomic E-state index is 12.6. The van der Waals surface area contributed by atoms with Gasteiger partial charge in [0.05, 0.1) is 12.2 Å². The number of ether oxygens (including phenoxy) is 2. The summed E-state index contributed by atoms with van der Waals surface area (Å²) in [6.07, 6.45) is -4.91. The fourth-order valence-corrected chi connectivity index (χ4v) is 3.04. The van der Waals surface area contributed by atoms with Crippen molar-refractivity contribution in [2.24, 2.45) is 0 Å². The highest BCUT2D eigenvalue weighted by atomic mass is 19.4. The Kier molecular flexibility index (Phi) is 5.38. The van der Waals surface area contributed by atoms with Gasteiger partial charge in [0.25, 0.3) is 0 Å². The van der Waals surface area contributed by atoms with Gasteiger partial charge in [0.2, 0.25) is 5.91 Å². The lowest BCUT2D eigenvalue weighted by atomic mass is 10.1. The summed E-state index contributed by atoms with van der Waals surface area (Å²) in [6, 6.07) is -0.756. The van der Waals surface area contributed by atoms with E-state index in [0.717, 1.165) is 4.90 Å². The van der Waals surface area contributed by atoms with Crippen molar-refractivity contribution in [2.45, 2.75) is 51.1 Å². The van der Waals surface area contributed by atoms with Crippen molar-refractivity contribution in [1.82, 2.24) is 9.80 Å². The standard InChI is InChI=1S/C14H21F3N2O4/c1-9-6-18(7-10(2)23-9)12(20)11-4-3-5-19(11)13(21)22-8-14(15,16)17/h9-11H,3-8H2,1-2H3/t9-,10-,11-/m1/s1. The zero-order chi connectivity index (χ0) is 17.2. The second-order valence-corrected chi connectivity index (χ2v) is 6.02. The van der Waals surface area contributed by atoms with Gasteiger partial charge in [0, 0.05) is 19.6 Å². The molecule has 0 spiro atoms. The molecule has 6 nitrogen and oxygen atoms in total. The highest BCUT2D eigenvalue weighted by Gasteiger charge is 2.40. The lowest BCUT2D eigenvalue weighted by molar-refractivity contribution is -0.163. The van der Waals surface area contributed by atoms with Crippen molar-refractivity contribution in [2.75, 3.05) is 26.2 Å². The molecule has 0 aliphatic carbocycles. The minimum atomic E-state index is -4.58. The fraction of sp³-hybridized carbons (Fsp3) is 0.857. The highest BCUT2D eigenvalue weighted by Crippen LogP contribution is 2.23. The minimum Gasteiger partial charge on any atom is -0.440 e. The molecule has 2 heterocycles. The van der Waals surface area contributed by atoms with E-state index in [2.05, 4.69) is 4.74 Å². The van der Waals surface area contributed by atoms with E-state index in [4.69, 9.17) is 4.74 Å². The van der Waals surface area contributed by atoms with Gasteiger partial charge in [0.1, 0.15) is 6.04 Å². The lowest BCUT2D eigenvalue weighted by Gasteiger charge is -2.37. The van der Waals surface area contributed by atoms with E-state index in [0.29, 0.717) is 25.9 Å². The molecule has 2 aliphatic heterocycles. The van der Waals surface area contributed by atoms with Crippen molar-refractivity contribution in [3.05, 3.63) is 0 Å². The second kappa shape index (κ2) is 6.94. The summed E-state index contributed by atoms with van der Waals surface area (Å²) in [5, 5.41) is 0. The first kappa shape index (κ1) is 17.8. The number of halogens is 3. The van der Waals surface area contributed by atoms with Gasteiger partial charge in [-0.1, -0.05) is 0 Å². The number of morpholine rings is 1. The Morgan fingerprint density at radius 3 is 2.39 bits per heavy atom. The molecule has 2 aliphatic rings. The Hall–Kier alpha value is -1.51. The Bertz CT molecular complexity index is 448. The average molecular weight is 338 g/mol. The summed E-state index contributed by atoms with van der Waals surface area (Å²) < 4.78 is 46.3. The molecular formula is C14H21F3N2O4. The maximum absolute atomic E-state index is 12.6. The van der Waals surface area contributed by atoms with Crippen molar-refractivity contribution >= 4 is 12.0 Å². The van der Waals surface area contributed by atoms with Gasteiger partial charge in [-0.25, -0.2) is 4.79 Å². The van der Waals surface area contributed by atoms with E-state index in [9.17, 15) is 22.8 Å². The van der Waals surface area contributed by atoms with Gasteiger partial charge in [-0.2, -0.15) is 13.2 Å². The highest BCUT2D eigenvalue weighted by molar-refractivity contribution is 5.86. The van der Waals surface area contributed by atoms with E-state index < -0.39 is 24.9 Å². The van der Waals surface area contributed by atoms with Crippen molar-refractivity contribution in [3.63, 3.8) is 0 Å². The van der Waals surface area contributed by atoms with Gasteiger partial charge in [-0.15, -0.1) is 0 Å². The van der Waals surface area contributed by atoms with Crippen molar-refractivity contribution < 1.29 is 32.2 Å². The Morgan fingerprint density at radius 2 is 1.83 bits per heavy atom. The van der Waals surface area contributed by atoms with Crippen LogP contribution < -0.4 is 0 Å². The number of rotatable bonds is 2. The number of likely N-dealkylation sites (tertiary alicyclic amines) is 1. The van der Waals surface area contributed by atoms with E-state index >= 15 is 0 Å². The van der Waals surface area contributed by atoms with Gasteiger partial charge in [-0.05, 0) is 26.7 Å². The third kappa shape index (κ3) is 4.73. The summed E-state index contributed by atoms with van der Waals surface area (Å²) in [5.41, 5.74) is 0. The van der Waals surface area contributed by atoms with Crippen LogP contribution in [0.1, 0.15) is 26.7 Å². The quantitative estimate of drug-likeness (QED) is 0.770. The molecule has 0 aromatic heterocycles. The average Bonchev–Trinajstić information content (AvgIpc) is 2.91. The topological polar surface area (TPSA) is 59.1 Å². The van der Waals surface area contributed by atoms with Crippen molar-refractivity contribution in [1.29, 1.82) is 0 Å². The largest absolute Gasteiger partial charge is 0.440 e. The normalized spacial score (nSPS) is 28.8. The molecule has 0 saturated carbocycles. The van der Waals surface area contributed by atoms with E-state index in [-0.39, 0.29) is 24.7 Å². The van der Waals surface area contributed by atoms with Crippen LogP contribution in [0, 0.1) is 0 Å². The molecule has 0 unspecified atom stereocenters. The molecule has 0 N–H and O–H groups in total. The Morgan fingerprint density at radius 1 is 1.22 bits per heavy atom. The molecule has 3 atom stereocenters. The summed E-state index contributed by atoms with van der Waals surface area (Å²) in [5.74, 6) is -0.256. The smallest absolute Gasteiger partial charge is 0.422 e. The van der Waals surface area contributed by atoms with Crippen LogP contribution in [0.25, 0.3) is 0 Å². The summed E-state index contributed by atoms with van der Waals surface area (Å²) in [4.78, 5) is 27.1. The number of carbonyl (C=O) groups is 2. The number of carbonyl (C=O) groups excluding carboxylic acids is 2. The molecule has 23 heavy (non-hydrogen) atoms. The molecule has 0 radical (unpaired) electrons. The first-order valence-corrected chi connectivity index (χ1v) is 7.62. The molecule has 9 heteroatoms. The number of alkyl halides is 3. The molecule has 132 valence electrons. The van der Waals surface area contributed by atoms with Crippen LogP contribution in [0.5, 0.6) is 0 Å². The zero-order valence-corrected chi connectivity index (χ0v) is 13.1. The Balaban J connectivity index is 1.97. The van der Waals surface area contributed by atoms with Gasteiger partial charge < -0.3 is 14.4 Å². The lowest BCUT2D eigenvalue weighted by Crippen LogP contribution is -2.54. The van der Waals surface area contributed by atoms with E-state index in [1.807, 2.05) is 13.8 Å². The summed E-state index contributed by atoms with van der Waals surface area (Å²) in [7, 11) is 0.